The molecular weight excluding hydrogens is 510 g/mol. The van der Waals surface area contributed by atoms with Crippen LogP contribution in [0, 0.1) is 5.92 Å². The lowest BCUT2D eigenvalue weighted by molar-refractivity contribution is -0.117. The fraction of sp³-hybridized carbons (Fsp3) is 0.233. The standard InChI is InChI=1S/C30H27N5O3S/c1-2-25(37)33-20-10-6-7-18(15-20)16-24(36)28-27-26-23(12-14-32-29(26)39-28)35(30(38)34-27)21-11-13-31-22(17-21)19-8-4-3-5-9-19/h2-5,8-9,11-14,17-18,20,36H,1,6-7,10,15-16H2,(H,33,37)/t18-,20-/m0/s1. The van der Waals surface area contributed by atoms with Gasteiger partial charge in [0, 0.05) is 30.4 Å². The second-order valence-corrected chi connectivity index (χ2v) is 10.9. The van der Waals surface area contributed by atoms with Crippen LogP contribution in [0.25, 0.3) is 44.0 Å². The molecule has 0 spiro atoms. The van der Waals surface area contributed by atoms with Gasteiger partial charge in [0.25, 0.3) is 0 Å². The third-order valence-corrected chi connectivity index (χ3v) is 8.45. The lowest BCUT2D eigenvalue weighted by Crippen LogP contribution is -2.37. The fourth-order valence-corrected chi connectivity index (χ4v) is 6.59. The summed E-state index contributed by atoms with van der Waals surface area (Å²) in [6.07, 6.45) is 8.74. The number of nitrogens with one attached hydrogen (secondary N) is 1. The Hall–Kier alpha value is -4.37. The first-order chi connectivity index (χ1) is 19.0. The van der Waals surface area contributed by atoms with E-state index in [0.717, 1.165) is 42.3 Å². The Morgan fingerprint density at radius 3 is 2.79 bits per heavy atom. The zero-order chi connectivity index (χ0) is 26.9. The van der Waals surface area contributed by atoms with E-state index in [2.05, 4.69) is 26.8 Å². The Morgan fingerprint density at radius 2 is 1.97 bits per heavy atom. The van der Waals surface area contributed by atoms with Crippen molar-refractivity contribution in [2.24, 2.45) is 5.92 Å². The number of nitrogens with zero attached hydrogens (tertiary/aromatic N) is 4. The van der Waals surface area contributed by atoms with E-state index in [1.54, 1.807) is 23.0 Å². The molecule has 4 heterocycles. The molecule has 0 aliphatic heterocycles. The molecule has 196 valence electrons. The summed E-state index contributed by atoms with van der Waals surface area (Å²) in [5.41, 5.74) is 3.09. The molecule has 4 aromatic heterocycles. The summed E-state index contributed by atoms with van der Waals surface area (Å²) in [7, 11) is 0. The minimum atomic E-state index is -0.433. The minimum absolute atomic E-state index is 0.0667. The highest BCUT2D eigenvalue weighted by Crippen LogP contribution is 2.31. The number of aromatic nitrogens is 4. The molecule has 9 heteroatoms. The summed E-state index contributed by atoms with van der Waals surface area (Å²) >= 11 is 1.35. The maximum atomic E-state index is 13.5. The largest absolute Gasteiger partial charge is 0.511 e. The summed E-state index contributed by atoms with van der Waals surface area (Å²) in [5.74, 6) is 0.246. The third-order valence-electron chi connectivity index (χ3n) is 7.31. The summed E-state index contributed by atoms with van der Waals surface area (Å²) in [6, 6.07) is 15.3. The maximum Gasteiger partial charge on any atom is 0.353 e. The number of aliphatic hydroxyl groups excluding tert-OH is 1. The van der Waals surface area contributed by atoms with Crippen molar-refractivity contribution in [1.82, 2.24) is 24.8 Å². The number of carbonyl (C=O) groups is 1. The maximum absolute atomic E-state index is 13.5. The quantitative estimate of drug-likeness (QED) is 0.304. The molecule has 39 heavy (non-hydrogen) atoms. The molecular formula is C30H27N5O3S. The number of carbonyl (C=O) groups excluding carboxylic acids is 1. The molecule has 1 fully saturated rings. The van der Waals surface area contributed by atoms with Crippen molar-refractivity contribution in [3.63, 3.8) is 0 Å². The topological polar surface area (TPSA) is 110 Å². The van der Waals surface area contributed by atoms with Crippen molar-refractivity contribution in [3.8, 4) is 16.9 Å². The Bertz CT molecular complexity index is 1810. The predicted octanol–water partition coefficient (Wildman–Crippen LogP) is 4.69. The summed E-state index contributed by atoms with van der Waals surface area (Å²) in [4.78, 5) is 39.4. The van der Waals surface area contributed by atoms with Crippen molar-refractivity contribution >= 4 is 44.3 Å². The smallest absolute Gasteiger partial charge is 0.353 e. The van der Waals surface area contributed by atoms with Crippen LogP contribution in [0.15, 0.2) is 78.4 Å². The molecule has 2 atom stereocenters. The van der Waals surface area contributed by atoms with E-state index in [9.17, 15) is 14.7 Å². The molecule has 1 aliphatic rings. The van der Waals surface area contributed by atoms with Crippen LogP contribution >= 0.6 is 11.3 Å². The van der Waals surface area contributed by atoms with Crippen LogP contribution in [0.1, 0.15) is 32.1 Å². The normalized spacial score (nSPS) is 18.3. The van der Waals surface area contributed by atoms with E-state index >= 15 is 0 Å². The van der Waals surface area contributed by atoms with Crippen molar-refractivity contribution < 1.29 is 9.90 Å². The zero-order valence-electron chi connectivity index (χ0n) is 21.2. The average molecular weight is 538 g/mol. The average Bonchev–Trinajstić information content (AvgIpc) is 3.33. The van der Waals surface area contributed by atoms with Crippen molar-refractivity contribution in [3.05, 3.63) is 88.6 Å². The first kappa shape index (κ1) is 24.9. The van der Waals surface area contributed by atoms with Gasteiger partial charge in [-0.1, -0.05) is 43.3 Å². The molecule has 5 aromatic rings. The van der Waals surface area contributed by atoms with Crippen LogP contribution in [0.4, 0.5) is 0 Å². The van der Waals surface area contributed by atoms with Crippen molar-refractivity contribution in [2.75, 3.05) is 0 Å². The van der Waals surface area contributed by atoms with Crippen LogP contribution in [-0.4, -0.2) is 36.6 Å². The summed E-state index contributed by atoms with van der Waals surface area (Å²) < 4.78 is 2.15. The molecule has 6 rings (SSSR count). The van der Waals surface area contributed by atoms with Crippen molar-refractivity contribution in [1.29, 1.82) is 0 Å². The molecule has 2 N–H and O–H groups in total. The van der Waals surface area contributed by atoms with Crippen LogP contribution in [0.5, 0.6) is 0 Å². The van der Waals surface area contributed by atoms with Gasteiger partial charge in [0.05, 0.1) is 26.8 Å². The van der Waals surface area contributed by atoms with Gasteiger partial charge in [-0.2, -0.15) is 4.98 Å². The molecule has 0 radical (unpaired) electrons. The Kier molecular flexibility index (Phi) is 6.66. The molecule has 0 unspecified atom stereocenters. The minimum Gasteiger partial charge on any atom is -0.511 e. The van der Waals surface area contributed by atoms with E-state index in [4.69, 9.17) is 0 Å². The lowest BCUT2D eigenvalue weighted by Gasteiger charge is -2.29. The van der Waals surface area contributed by atoms with E-state index in [0.29, 0.717) is 32.5 Å². The van der Waals surface area contributed by atoms with E-state index < -0.39 is 5.69 Å². The fourth-order valence-electron chi connectivity index (χ4n) is 5.54. The molecule has 0 saturated heterocycles. The molecule has 8 nitrogen and oxygen atoms in total. The first-order valence-electron chi connectivity index (χ1n) is 13.0. The van der Waals surface area contributed by atoms with E-state index in [-0.39, 0.29) is 23.6 Å². The second kappa shape index (κ2) is 10.4. The van der Waals surface area contributed by atoms with Gasteiger partial charge in [-0.3, -0.25) is 14.3 Å². The number of thiophene rings is 1. The Morgan fingerprint density at radius 1 is 1.15 bits per heavy atom. The van der Waals surface area contributed by atoms with Gasteiger partial charge in [-0.15, -0.1) is 11.3 Å². The van der Waals surface area contributed by atoms with Gasteiger partial charge in [0.15, 0.2) is 0 Å². The van der Waals surface area contributed by atoms with E-state index in [1.165, 1.54) is 17.4 Å². The predicted molar refractivity (Wildman–Crippen MR) is 154 cm³/mol. The number of pyridine rings is 2. The number of aliphatic hydroxyl groups is 1. The highest BCUT2D eigenvalue weighted by Gasteiger charge is 2.25. The number of hydrogen-bond acceptors (Lipinski definition) is 7. The number of benzene rings is 1. The second-order valence-electron chi connectivity index (χ2n) is 9.88. The Balaban J connectivity index is 1.41. The third kappa shape index (κ3) is 4.81. The van der Waals surface area contributed by atoms with Crippen LogP contribution in [0.3, 0.4) is 0 Å². The van der Waals surface area contributed by atoms with Gasteiger partial charge in [-0.25, -0.2) is 9.78 Å². The highest BCUT2D eigenvalue weighted by molar-refractivity contribution is 7.17. The lowest BCUT2D eigenvalue weighted by atomic mass is 9.83. The monoisotopic (exact) mass is 537 g/mol. The van der Waals surface area contributed by atoms with Gasteiger partial charge in [0.1, 0.15) is 16.1 Å². The summed E-state index contributed by atoms with van der Waals surface area (Å²) in [6.45, 7) is 3.53. The molecule has 1 saturated carbocycles. The van der Waals surface area contributed by atoms with Crippen LogP contribution in [0.2, 0.25) is 0 Å². The molecule has 1 amide bonds. The summed E-state index contributed by atoms with van der Waals surface area (Å²) in [5, 5.41) is 15.0. The molecule has 1 aliphatic carbocycles. The number of amides is 1. The number of rotatable bonds is 6. The van der Waals surface area contributed by atoms with Crippen LogP contribution < -0.4 is 15.5 Å². The van der Waals surface area contributed by atoms with Gasteiger partial charge >= 0.3 is 5.69 Å². The van der Waals surface area contributed by atoms with Gasteiger partial charge < -0.3 is 10.4 Å². The first-order valence-corrected chi connectivity index (χ1v) is 13.8. The van der Waals surface area contributed by atoms with Crippen molar-refractivity contribution in [2.45, 2.75) is 38.1 Å². The highest BCUT2D eigenvalue weighted by atomic mass is 32.1. The Labute approximate surface area is 228 Å². The number of hydrogen-bond donors (Lipinski definition) is 2. The van der Waals surface area contributed by atoms with Gasteiger partial charge in [-0.05, 0) is 49.5 Å². The van der Waals surface area contributed by atoms with Gasteiger partial charge in [0.2, 0.25) is 5.91 Å². The SMILES string of the molecule is C=CC(=O)N[C@H]1CCC[C@H](CC(O)=c2sc3nccc4c3c2nc(=O)n4-c2ccnc(-c3ccccc3)c2)C1. The molecule has 1 aromatic carbocycles. The van der Waals surface area contributed by atoms with Crippen LogP contribution in [-0.2, 0) is 4.79 Å². The zero-order valence-corrected chi connectivity index (χ0v) is 22.0. The van der Waals surface area contributed by atoms with E-state index in [1.807, 2.05) is 42.5 Å². The molecule has 0 bridgehead atoms.